The van der Waals surface area contributed by atoms with Crippen LogP contribution in [0.1, 0.15) is 40.6 Å². The predicted octanol–water partition coefficient (Wildman–Crippen LogP) is 5.51. The van der Waals surface area contributed by atoms with E-state index in [1.165, 1.54) is 33.8 Å². The summed E-state index contributed by atoms with van der Waals surface area (Å²) < 4.78 is 16.3. The molecule has 0 saturated carbocycles. The van der Waals surface area contributed by atoms with Crippen molar-refractivity contribution in [2.24, 2.45) is 0 Å². The first-order valence-electron chi connectivity index (χ1n) is 11.8. The minimum absolute atomic E-state index is 0.197. The highest BCUT2D eigenvalue weighted by atomic mass is 19.1. The van der Waals surface area contributed by atoms with Gasteiger partial charge in [-0.15, -0.1) is 0 Å². The van der Waals surface area contributed by atoms with Gasteiger partial charge in [-0.3, -0.25) is 0 Å². The molecular weight excluding hydrogens is 411 g/mol. The second-order valence-corrected chi connectivity index (χ2v) is 8.98. The fourth-order valence-corrected chi connectivity index (χ4v) is 4.95. The summed E-state index contributed by atoms with van der Waals surface area (Å²) in [6.45, 7) is 10.5. The van der Waals surface area contributed by atoms with Crippen LogP contribution in [0.25, 0.3) is 10.9 Å². The van der Waals surface area contributed by atoms with Gasteiger partial charge in [0, 0.05) is 37.3 Å². The zero-order valence-electron chi connectivity index (χ0n) is 19.7. The van der Waals surface area contributed by atoms with Gasteiger partial charge in [0.15, 0.2) is 5.82 Å². The first-order valence-corrected chi connectivity index (χ1v) is 11.8. The molecule has 0 atom stereocenters. The summed E-state index contributed by atoms with van der Waals surface area (Å²) in [6, 6.07) is 17.8. The average Bonchev–Trinajstić information content (AvgIpc) is 3.07. The normalized spacial score (nSPS) is 13.5. The van der Waals surface area contributed by atoms with E-state index in [1.807, 2.05) is 6.07 Å². The lowest BCUT2D eigenvalue weighted by atomic mass is 10.00. The van der Waals surface area contributed by atoms with Gasteiger partial charge in [0.05, 0.1) is 11.2 Å². The molecule has 1 N–H and O–H groups in total. The Bertz CT molecular complexity index is 1310. The lowest BCUT2D eigenvalue weighted by Crippen LogP contribution is -2.32. The number of aromatic nitrogens is 2. The van der Waals surface area contributed by atoms with Crippen LogP contribution in [0.2, 0.25) is 0 Å². The van der Waals surface area contributed by atoms with Crippen LogP contribution in [0.4, 0.5) is 10.2 Å². The molecule has 170 valence electrons. The highest BCUT2D eigenvalue weighted by molar-refractivity contribution is 5.94. The van der Waals surface area contributed by atoms with E-state index in [0.717, 1.165) is 55.2 Å². The number of nitrogens with zero attached hydrogens (tertiary/aromatic N) is 3. The number of fused-ring (bicyclic) bond motifs is 2. The molecule has 0 fully saturated rings. The summed E-state index contributed by atoms with van der Waals surface area (Å²) in [5.74, 6) is 0.833. The standard InChI is InChI=1S/C28H31FN4/c1-4-30-16-25-15-26-19(2)20(3)33(17-21-8-7-11-24(29)14-21)27(26)28(31-25)32-13-12-22-9-5-6-10-23(22)18-32/h5-11,14-15,30H,4,12-13,16-18H2,1-3H3. The molecule has 33 heavy (non-hydrogen) atoms. The molecule has 2 aromatic heterocycles. The summed E-state index contributed by atoms with van der Waals surface area (Å²) >= 11 is 0. The van der Waals surface area contributed by atoms with Crippen LogP contribution in [0.3, 0.4) is 0 Å². The Morgan fingerprint density at radius 3 is 2.64 bits per heavy atom. The molecule has 0 aliphatic carbocycles. The second-order valence-electron chi connectivity index (χ2n) is 8.98. The maximum Gasteiger partial charge on any atom is 0.153 e. The number of pyridine rings is 1. The third-order valence-corrected chi connectivity index (χ3v) is 6.86. The summed E-state index contributed by atoms with van der Waals surface area (Å²) in [5.41, 5.74) is 8.43. The number of rotatable bonds is 6. The molecule has 5 heteroatoms. The molecule has 0 unspecified atom stereocenters. The van der Waals surface area contributed by atoms with Crippen molar-refractivity contribution in [3.63, 3.8) is 0 Å². The predicted molar refractivity (Wildman–Crippen MR) is 133 cm³/mol. The minimum atomic E-state index is -0.197. The molecule has 0 radical (unpaired) electrons. The third kappa shape index (κ3) is 4.13. The van der Waals surface area contributed by atoms with Crippen molar-refractivity contribution in [3.8, 4) is 0 Å². The van der Waals surface area contributed by atoms with Crippen LogP contribution >= 0.6 is 0 Å². The zero-order chi connectivity index (χ0) is 22.9. The van der Waals surface area contributed by atoms with Crippen molar-refractivity contribution in [2.75, 3.05) is 18.0 Å². The first-order chi connectivity index (χ1) is 16.0. The molecule has 0 bridgehead atoms. The number of benzene rings is 2. The van der Waals surface area contributed by atoms with Crippen molar-refractivity contribution < 1.29 is 4.39 Å². The van der Waals surface area contributed by atoms with Crippen molar-refractivity contribution in [3.05, 3.63) is 94.1 Å². The van der Waals surface area contributed by atoms with Crippen LogP contribution in [0.15, 0.2) is 54.6 Å². The SMILES string of the molecule is CCNCc1cc2c(C)c(C)n(Cc3cccc(F)c3)c2c(N2CCc3ccccc3C2)n1. The summed E-state index contributed by atoms with van der Waals surface area (Å²) in [7, 11) is 0. The quantitative estimate of drug-likeness (QED) is 0.427. The molecule has 2 aromatic carbocycles. The Hall–Kier alpha value is -3.18. The number of anilines is 1. The van der Waals surface area contributed by atoms with Gasteiger partial charge >= 0.3 is 0 Å². The number of halogens is 1. The molecular formula is C28H31FN4. The number of nitrogens with one attached hydrogen (secondary N) is 1. The van der Waals surface area contributed by atoms with Crippen LogP contribution in [-0.2, 0) is 26.1 Å². The molecule has 4 nitrogen and oxygen atoms in total. The van der Waals surface area contributed by atoms with Gasteiger partial charge < -0.3 is 14.8 Å². The summed E-state index contributed by atoms with van der Waals surface area (Å²) in [6.07, 6.45) is 1.01. The topological polar surface area (TPSA) is 33.1 Å². The van der Waals surface area contributed by atoms with Crippen molar-refractivity contribution >= 4 is 16.7 Å². The van der Waals surface area contributed by atoms with Crippen LogP contribution < -0.4 is 10.2 Å². The van der Waals surface area contributed by atoms with E-state index in [-0.39, 0.29) is 5.82 Å². The third-order valence-electron chi connectivity index (χ3n) is 6.86. The Balaban J connectivity index is 1.66. The van der Waals surface area contributed by atoms with E-state index in [4.69, 9.17) is 4.98 Å². The summed E-state index contributed by atoms with van der Waals surface area (Å²) in [4.78, 5) is 7.60. The first kappa shape index (κ1) is 21.7. The average molecular weight is 443 g/mol. The van der Waals surface area contributed by atoms with E-state index >= 15 is 0 Å². The van der Waals surface area contributed by atoms with Crippen LogP contribution in [0.5, 0.6) is 0 Å². The Kier molecular flexibility index (Phi) is 5.90. The largest absolute Gasteiger partial charge is 0.350 e. The number of aryl methyl sites for hydroxylation is 1. The second kappa shape index (κ2) is 8.99. The molecule has 0 saturated heterocycles. The van der Waals surface area contributed by atoms with Crippen LogP contribution in [-0.4, -0.2) is 22.6 Å². The number of hydrogen-bond donors (Lipinski definition) is 1. The Labute approximate surface area is 195 Å². The van der Waals surface area contributed by atoms with Gasteiger partial charge in [-0.25, -0.2) is 9.37 Å². The van der Waals surface area contributed by atoms with E-state index in [9.17, 15) is 4.39 Å². The van der Waals surface area contributed by atoms with Crippen LogP contribution in [0, 0.1) is 19.7 Å². The number of hydrogen-bond acceptors (Lipinski definition) is 3. The zero-order valence-corrected chi connectivity index (χ0v) is 19.7. The lowest BCUT2D eigenvalue weighted by molar-refractivity contribution is 0.623. The van der Waals surface area contributed by atoms with Gasteiger partial charge in [0.1, 0.15) is 5.82 Å². The Morgan fingerprint density at radius 2 is 1.85 bits per heavy atom. The van der Waals surface area contributed by atoms with Gasteiger partial charge in [-0.05, 0) is 67.3 Å². The van der Waals surface area contributed by atoms with Crippen molar-refractivity contribution in [1.82, 2.24) is 14.9 Å². The smallest absolute Gasteiger partial charge is 0.153 e. The molecule has 1 aliphatic heterocycles. The fraction of sp³-hybridized carbons (Fsp3) is 0.321. The maximum absolute atomic E-state index is 13.9. The van der Waals surface area contributed by atoms with Gasteiger partial charge in [-0.1, -0.05) is 43.3 Å². The highest BCUT2D eigenvalue weighted by Crippen LogP contribution is 2.35. The molecule has 0 amide bonds. The van der Waals surface area contributed by atoms with Gasteiger partial charge in [-0.2, -0.15) is 0 Å². The van der Waals surface area contributed by atoms with Crippen molar-refractivity contribution in [1.29, 1.82) is 0 Å². The lowest BCUT2D eigenvalue weighted by Gasteiger charge is -2.31. The molecule has 4 aromatic rings. The molecule has 3 heterocycles. The van der Waals surface area contributed by atoms with Gasteiger partial charge in [0.25, 0.3) is 0 Å². The molecule has 0 spiro atoms. The molecule has 5 rings (SSSR count). The maximum atomic E-state index is 13.9. The Morgan fingerprint density at radius 1 is 1.03 bits per heavy atom. The minimum Gasteiger partial charge on any atom is -0.350 e. The van der Waals surface area contributed by atoms with Crippen molar-refractivity contribution in [2.45, 2.75) is 46.8 Å². The molecule has 1 aliphatic rings. The van der Waals surface area contributed by atoms with Gasteiger partial charge in [0.2, 0.25) is 0 Å². The van der Waals surface area contributed by atoms with E-state index < -0.39 is 0 Å². The highest BCUT2D eigenvalue weighted by Gasteiger charge is 2.24. The van der Waals surface area contributed by atoms with E-state index in [2.05, 4.69) is 65.9 Å². The monoisotopic (exact) mass is 442 g/mol. The van der Waals surface area contributed by atoms with E-state index in [1.54, 1.807) is 12.1 Å². The fourth-order valence-electron chi connectivity index (χ4n) is 4.95. The van der Waals surface area contributed by atoms with E-state index in [0.29, 0.717) is 6.54 Å². The summed E-state index contributed by atoms with van der Waals surface area (Å²) in [5, 5.41) is 4.67.